The van der Waals surface area contributed by atoms with Crippen LogP contribution in [0.2, 0.25) is 5.02 Å². The molecule has 3 aromatic rings. The zero-order valence-corrected chi connectivity index (χ0v) is 12.9. The average molecular weight is 334 g/mol. The van der Waals surface area contributed by atoms with Gasteiger partial charge in [-0.2, -0.15) is 0 Å². The Morgan fingerprint density at radius 1 is 1.36 bits per heavy atom. The fourth-order valence-electron chi connectivity index (χ4n) is 1.83. The summed E-state index contributed by atoms with van der Waals surface area (Å²) in [5, 5.41) is 3.88. The second-order valence-corrected chi connectivity index (χ2v) is 5.92. The van der Waals surface area contributed by atoms with Crippen LogP contribution < -0.4 is 11.1 Å². The van der Waals surface area contributed by atoms with E-state index in [1.54, 1.807) is 18.2 Å². The summed E-state index contributed by atoms with van der Waals surface area (Å²) < 4.78 is 0. The maximum atomic E-state index is 11.9. The van der Waals surface area contributed by atoms with Gasteiger partial charge in [0.05, 0.1) is 21.8 Å². The van der Waals surface area contributed by atoms with E-state index in [0.29, 0.717) is 21.7 Å². The molecule has 0 bridgehead atoms. The summed E-state index contributed by atoms with van der Waals surface area (Å²) >= 11 is 7.05. The van der Waals surface area contributed by atoms with E-state index < -0.39 is 0 Å². The molecular weight excluding hydrogens is 322 g/mol. The van der Waals surface area contributed by atoms with Gasteiger partial charge in [-0.3, -0.25) is 4.79 Å². The first-order valence-corrected chi connectivity index (χ1v) is 7.76. The molecule has 2 heterocycles. The number of anilines is 2. The molecule has 0 aliphatic rings. The summed E-state index contributed by atoms with van der Waals surface area (Å²) in [6.45, 7) is 0. The van der Waals surface area contributed by atoms with Crippen LogP contribution in [0.4, 0.5) is 11.5 Å². The van der Waals surface area contributed by atoms with Crippen LogP contribution in [0, 0.1) is 0 Å². The number of carbonyl (C=O) groups excluding carboxylic acids is 1. The number of nitrogens with one attached hydrogen (secondary N) is 2. The number of nitrogens with two attached hydrogens (primary N) is 1. The molecule has 0 aliphatic carbocycles. The number of fused-ring (bicyclic) bond motifs is 1. The van der Waals surface area contributed by atoms with Crippen LogP contribution in [-0.4, -0.2) is 26.6 Å². The third kappa shape index (κ3) is 3.49. The molecule has 22 heavy (non-hydrogen) atoms. The van der Waals surface area contributed by atoms with E-state index >= 15 is 0 Å². The Kier molecular flexibility index (Phi) is 4.17. The molecule has 0 unspecified atom stereocenters. The number of benzene rings is 1. The average Bonchev–Trinajstić information content (AvgIpc) is 2.89. The topological polar surface area (TPSA) is 96.7 Å². The van der Waals surface area contributed by atoms with E-state index in [9.17, 15) is 4.79 Å². The number of imidazole rings is 1. The molecule has 112 valence electrons. The summed E-state index contributed by atoms with van der Waals surface area (Å²) in [6, 6.07) is 8.75. The molecule has 6 nitrogen and oxygen atoms in total. The van der Waals surface area contributed by atoms with E-state index in [4.69, 9.17) is 17.3 Å². The van der Waals surface area contributed by atoms with E-state index in [2.05, 4.69) is 20.3 Å². The predicted molar refractivity (Wildman–Crippen MR) is 89.1 cm³/mol. The van der Waals surface area contributed by atoms with Gasteiger partial charge in [0, 0.05) is 11.9 Å². The molecule has 2 aromatic heterocycles. The number of hydrogen-bond acceptors (Lipinski definition) is 5. The summed E-state index contributed by atoms with van der Waals surface area (Å²) in [6.07, 6.45) is 1.48. The molecule has 0 spiro atoms. The predicted octanol–water partition coefficient (Wildman–Crippen LogP) is 2.92. The van der Waals surface area contributed by atoms with Gasteiger partial charge >= 0.3 is 0 Å². The minimum atomic E-state index is -0.167. The highest BCUT2D eigenvalue weighted by Crippen LogP contribution is 2.21. The number of aromatic nitrogens is 3. The molecule has 3 rings (SSSR count). The van der Waals surface area contributed by atoms with Gasteiger partial charge in [0.2, 0.25) is 5.91 Å². The molecule has 0 aliphatic heterocycles. The molecule has 1 aromatic carbocycles. The van der Waals surface area contributed by atoms with Crippen molar-refractivity contribution in [2.24, 2.45) is 0 Å². The van der Waals surface area contributed by atoms with E-state index in [-0.39, 0.29) is 11.7 Å². The van der Waals surface area contributed by atoms with Crippen LogP contribution in [0.5, 0.6) is 0 Å². The molecule has 0 saturated carbocycles. The van der Waals surface area contributed by atoms with Gasteiger partial charge in [0.25, 0.3) is 0 Å². The molecule has 4 N–H and O–H groups in total. The number of H-pyrrole nitrogens is 1. The Labute approximate surface area is 135 Å². The van der Waals surface area contributed by atoms with Crippen molar-refractivity contribution in [2.75, 3.05) is 16.8 Å². The second kappa shape index (κ2) is 6.25. The quantitative estimate of drug-likeness (QED) is 0.504. The van der Waals surface area contributed by atoms with Crippen LogP contribution in [0.15, 0.2) is 41.7 Å². The molecule has 0 atom stereocenters. The van der Waals surface area contributed by atoms with Crippen molar-refractivity contribution in [3.63, 3.8) is 0 Å². The number of rotatable bonds is 4. The molecule has 1 amide bonds. The number of amides is 1. The SMILES string of the molecule is Nc1ccc2nc(SCC(=O)Nc3ccc(Cl)cn3)[nH]c2c1. The highest BCUT2D eigenvalue weighted by Gasteiger charge is 2.08. The van der Waals surface area contributed by atoms with Crippen LogP contribution in [0.25, 0.3) is 11.0 Å². The summed E-state index contributed by atoms with van der Waals surface area (Å²) in [5.41, 5.74) is 8.05. The number of aromatic amines is 1. The number of nitrogen functional groups attached to an aromatic ring is 1. The Morgan fingerprint density at radius 3 is 3.00 bits per heavy atom. The minimum absolute atomic E-state index is 0.167. The molecule has 8 heteroatoms. The van der Waals surface area contributed by atoms with Crippen molar-refractivity contribution in [3.05, 3.63) is 41.6 Å². The fraction of sp³-hybridized carbons (Fsp3) is 0.0714. The zero-order chi connectivity index (χ0) is 15.5. The number of hydrogen-bond donors (Lipinski definition) is 3. The lowest BCUT2D eigenvalue weighted by Gasteiger charge is -2.02. The monoisotopic (exact) mass is 333 g/mol. The minimum Gasteiger partial charge on any atom is -0.399 e. The third-order valence-corrected chi connectivity index (χ3v) is 3.92. The highest BCUT2D eigenvalue weighted by molar-refractivity contribution is 7.99. The number of carbonyl (C=O) groups is 1. The van der Waals surface area contributed by atoms with Crippen LogP contribution in [0.1, 0.15) is 0 Å². The van der Waals surface area contributed by atoms with Crippen LogP contribution in [-0.2, 0) is 4.79 Å². The van der Waals surface area contributed by atoms with E-state index in [1.807, 2.05) is 12.1 Å². The Hall–Kier alpha value is -2.25. The second-order valence-electron chi connectivity index (χ2n) is 4.52. The van der Waals surface area contributed by atoms with Crippen molar-refractivity contribution in [2.45, 2.75) is 5.16 Å². The van der Waals surface area contributed by atoms with Crippen molar-refractivity contribution in [1.29, 1.82) is 0 Å². The first-order valence-electron chi connectivity index (χ1n) is 6.39. The van der Waals surface area contributed by atoms with Gasteiger partial charge in [-0.1, -0.05) is 23.4 Å². The smallest absolute Gasteiger partial charge is 0.236 e. The molecular formula is C14H12ClN5OS. The lowest BCUT2D eigenvalue weighted by Crippen LogP contribution is -2.14. The zero-order valence-electron chi connectivity index (χ0n) is 11.3. The lowest BCUT2D eigenvalue weighted by atomic mass is 10.3. The largest absolute Gasteiger partial charge is 0.399 e. The number of pyridine rings is 1. The standard InChI is InChI=1S/C14H12ClN5OS/c15-8-1-4-12(17-6-8)20-13(21)7-22-14-18-10-3-2-9(16)5-11(10)19-14/h1-6H,7,16H2,(H,18,19)(H,17,20,21). The molecule has 0 radical (unpaired) electrons. The Bertz CT molecular complexity index is 818. The summed E-state index contributed by atoms with van der Waals surface area (Å²) in [4.78, 5) is 23.4. The Morgan fingerprint density at radius 2 is 2.23 bits per heavy atom. The number of halogens is 1. The first kappa shape index (κ1) is 14.7. The third-order valence-electron chi connectivity index (χ3n) is 2.82. The number of nitrogens with zero attached hydrogens (tertiary/aromatic N) is 2. The molecule has 0 fully saturated rings. The molecule has 0 saturated heterocycles. The van der Waals surface area contributed by atoms with Gasteiger partial charge in [-0.15, -0.1) is 0 Å². The highest BCUT2D eigenvalue weighted by atomic mass is 35.5. The van der Waals surface area contributed by atoms with Crippen LogP contribution in [0.3, 0.4) is 0 Å². The fourth-order valence-corrected chi connectivity index (χ4v) is 2.63. The van der Waals surface area contributed by atoms with E-state index in [1.165, 1.54) is 18.0 Å². The van der Waals surface area contributed by atoms with Gasteiger partial charge < -0.3 is 16.0 Å². The van der Waals surface area contributed by atoms with Crippen molar-refractivity contribution >= 4 is 51.8 Å². The van der Waals surface area contributed by atoms with Gasteiger partial charge in [0.1, 0.15) is 5.82 Å². The summed E-state index contributed by atoms with van der Waals surface area (Å²) in [5.74, 6) is 0.520. The lowest BCUT2D eigenvalue weighted by molar-refractivity contribution is -0.113. The van der Waals surface area contributed by atoms with Gasteiger partial charge in [-0.05, 0) is 30.3 Å². The van der Waals surface area contributed by atoms with Crippen molar-refractivity contribution < 1.29 is 4.79 Å². The van der Waals surface area contributed by atoms with E-state index in [0.717, 1.165) is 11.0 Å². The maximum Gasteiger partial charge on any atom is 0.236 e. The normalized spacial score (nSPS) is 10.8. The van der Waals surface area contributed by atoms with Gasteiger partial charge in [0.15, 0.2) is 5.16 Å². The summed E-state index contributed by atoms with van der Waals surface area (Å²) in [7, 11) is 0. The first-order chi connectivity index (χ1) is 10.6. The Balaban J connectivity index is 1.61. The van der Waals surface area contributed by atoms with Gasteiger partial charge in [-0.25, -0.2) is 9.97 Å². The van der Waals surface area contributed by atoms with Crippen molar-refractivity contribution in [1.82, 2.24) is 15.0 Å². The number of thioether (sulfide) groups is 1. The van der Waals surface area contributed by atoms with Crippen molar-refractivity contribution in [3.8, 4) is 0 Å². The maximum absolute atomic E-state index is 11.9. The van der Waals surface area contributed by atoms with Crippen LogP contribution >= 0.6 is 23.4 Å².